The first kappa shape index (κ1) is 19.1. The molecule has 7 nitrogen and oxygen atoms in total. The van der Waals surface area contributed by atoms with Crippen LogP contribution in [-0.4, -0.2) is 31.6 Å². The number of hydrogen-bond donors (Lipinski definition) is 2. The number of carbonyl (C=O) groups is 1. The first-order valence-electron chi connectivity index (χ1n) is 9.43. The van der Waals surface area contributed by atoms with E-state index < -0.39 is 12.0 Å². The number of carbonyl (C=O) groups excluding carboxylic acids is 1. The average Bonchev–Trinajstić information content (AvgIpc) is 3.31. The summed E-state index contributed by atoms with van der Waals surface area (Å²) in [6.07, 6.45) is 1.66. The van der Waals surface area contributed by atoms with Crippen molar-refractivity contribution in [1.29, 1.82) is 5.26 Å². The minimum atomic E-state index is -2.66. The summed E-state index contributed by atoms with van der Waals surface area (Å²) in [5, 5.41) is 16.1. The fourth-order valence-electron chi connectivity index (χ4n) is 3.86. The smallest absolute Gasteiger partial charge is 0.270 e. The molecule has 0 radical (unpaired) electrons. The number of aromatic amines is 1. The van der Waals surface area contributed by atoms with Gasteiger partial charge in [-0.3, -0.25) is 9.48 Å². The van der Waals surface area contributed by atoms with Crippen LogP contribution in [0.3, 0.4) is 0 Å². The van der Waals surface area contributed by atoms with Gasteiger partial charge < -0.3 is 10.3 Å². The number of aryl methyl sites for hydroxylation is 1. The number of H-pyrrole nitrogens is 1. The van der Waals surface area contributed by atoms with Gasteiger partial charge in [-0.15, -0.1) is 0 Å². The number of nitrogens with one attached hydrogen (secondary N) is 2. The molecule has 1 unspecified atom stereocenters. The summed E-state index contributed by atoms with van der Waals surface area (Å²) < 4.78 is 28.8. The maximum Gasteiger partial charge on any atom is 0.270 e. The molecule has 29 heavy (non-hydrogen) atoms. The van der Waals surface area contributed by atoms with Crippen LogP contribution in [0.1, 0.15) is 53.6 Å². The van der Waals surface area contributed by atoms with Crippen LogP contribution in [0.15, 0.2) is 30.5 Å². The van der Waals surface area contributed by atoms with Crippen molar-refractivity contribution in [1.82, 2.24) is 25.1 Å². The second-order valence-corrected chi connectivity index (χ2v) is 7.45. The Bertz CT molecular complexity index is 1090. The van der Waals surface area contributed by atoms with Gasteiger partial charge in [-0.2, -0.15) is 10.4 Å². The zero-order valence-corrected chi connectivity index (χ0v) is 15.8. The maximum absolute atomic E-state index is 13.7. The van der Waals surface area contributed by atoms with E-state index in [9.17, 15) is 13.6 Å². The van der Waals surface area contributed by atoms with Crippen molar-refractivity contribution < 1.29 is 13.6 Å². The van der Waals surface area contributed by atoms with Gasteiger partial charge in [0.2, 0.25) is 5.92 Å². The molecule has 1 aromatic carbocycles. The third kappa shape index (κ3) is 3.83. The van der Waals surface area contributed by atoms with E-state index in [1.807, 2.05) is 0 Å². The molecule has 1 fully saturated rings. The Hall–Kier alpha value is -3.28. The van der Waals surface area contributed by atoms with E-state index >= 15 is 0 Å². The SMILES string of the molecule is Cn1nccc1C(=O)NC(c1nc2ccc(C#N)cc2[nH]1)C1CCC(F)(F)CC1. The molecule has 1 aliphatic carbocycles. The number of halogens is 2. The van der Waals surface area contributed by atoms with Crippen LogP contribution >= 0.6 is 0 Å². The first-order valence-corrected chi connectivity index (χ1v) is 9.43. The van der Waals surface area contributed by atoms with Crippen molar-refractivity contribution in [3.63, 3.8) is 0 Å². The fourth-order valence-corrected chi connectivity index (χ4v) is 3.86. The fraction of sp³-hybridized carbons (Fsp3) is 0.400. The summed E-state index contributed by atoms with van der Waals surface area (Å²) in [6, 6.07) is 8.19. The lowest BCUT2D eigenvalue weighted by molar-refractivity contribution is -0.0496. The molecule has 150 valence electrons. The lowest BCUT2D eigenvalue weighted by Gasteiger charge is -2.33. The number of amides is 1. The number of fused-ring (bicyclic) bond motifs is 1. The third-order valence-electron chi connectivity index (χ3n) is 5.50. The van der Waals surface area contributed by atoms with Crippen LogP contribution < -0.4 is 5.32 Å². The number of nitriles is 1. The minimum Gasteiger partial charge on any atom is -0.340 e. The molecule has 1 saturated carbocycles. The van der Waals surface area contributed by atoms with Crippen molar-refractivity contribution in [2.75, 3.05) is 0 Å². The maximum atomic E-state index is 13.7. The summed E-state index contributed by atoms with van der Waals surface area (Å²) >= 11 is 0. The summed E-state index contributed by atoms with van der Waals surface area (Å²) in [7, 11) is 1.66. The lowest BCUT2D eigenvalue weighted by Crippen LogP contribution is -2.38. The Morgan fingerprint density at radius 3 is 2.79 bits per heavy atom. The summed E-state index contributed by atoms with van der Waals surface area (Å²) in [6.45, 7) is 0. The van der Waals surface area contributed by atoms with Crippen molar-refractivity contribution in [2.45, 2.75) is 37.6 Å². The van der Waals surface area contributed by atoms with Gasteiger partial charge in [0.05, 0.1) is 28.7 Å². The number of aromatic nitrogens is 4. The molecule has 9 heteroatoms. The van der Waals surface area contributed by atoms with E-state index in [-0.39, 0.29) is 37.5 Å². The quantitative estimate of drug-likeness (QED) is 0.703. The molecule has 4 rings (SSSR count). The number of rotatable bonds is 4. The van der Waals surface area contributed by atoms with E-state index in [1.54, 1.807) is 31.3 Å². The highest BCUT2D eigenvalue weighted by Crippen LogP contribution is 2.41. The number of nitrogens with zero attached hydrogens (tertiary/aromatic N) is 4. The predicted octanol–water partition coefficient (Wildman–Crippen LogP) is 3.46. The number of hydrogen-bond acceptors (Lipinski definition) is 4. The topological polar surface area (TPSA) is 99.4 Å². The van der Waals surface area contributed by atoms with E-state index in [0.29, 0.717) is 28.1 Å². The third-order valence-corrected chi connectivity index (χ3v) is 5.50. The largest absolute Gasteiger partial charge is 0.340 e. The highest BCUT2D eigenvalue weighted by Gasteiger charge is 2.39. The van der Waals surface area contributed by atoms with Gasteiger partial charge in [0, 0.05) is 26.1 Å². The Kier molecular flexibility index (Phi) is 4.78. The van der Waals surface area contributed by atoms with Crippen LogP contribution in [0.25, 0.3) is 11.0 Å². The lowest BCUT2D eigenvalue weighted by atomic mass is 9.81. The summed E-state index contributed by atoms with van der Waals surface area (Å²) in [4.78, 5) is 20.5. The Balaban J connectivity index is 1.67. The van der Waals surface area contributed by atoms with Crippen LogP contribution in [0.4, 0.5) is 8.78 Å². The van der Waals surface area contributed by atoms with Crippen molar-refractivity contribution in [3.8, 4) is 6.07 Å². The average molecular weight is 398 g/mol. The highest BCUT2D eigenvalue weighted by atomic mass is 19.3. The number of alkyl halides is 2. The standard InChI is InChI=1S/C20H20F2N6O/c1-28-16(6-9-24-28)19(29)27-17(13-4-7-20(21,22)8-5-13)18-25-14-3-2-12(11-23)10-15(14)26-18/h2-3,6,9-10,13,17H,4-5,7-8H2,1H3,(H,25,26)(H,27,29). The van der Waals surface area contributed by atoms with Gasteiger partial charge in [-0.25, -0.2) is 13.8 Å². The van der Waals surface area contributed by atoms with Gasteiger partial charge in [0.1, 0.15) is 11.5 Å². The highest BCUT2D eigenvalue weighted by molar-refractivity contribution is 5.92. The molecule has 0 bridgehead atoms. The molecule has 1 amide bonds. The zero-order valence-electron chi connectivity index (χ0n) is 15.8. The van der Waals surface area contributed by atoms with Crippen molar-refractivity contribution in [3.05, 3.63) is 47.5 Å². The predicted molar refractivity (Wildman–Crippen MR) is 101 cm³/mol. The van der Waals surface area contributed by atoms with Crippen LogP contribution in [0.2, 0.25) is 0 Å². The number of benzene rings is 1. The van der Waals surface area contributed by atoms with Gasteiger partial charge >= 0.3 is 0 Å². The first-order chi connectivity index (χ1) is 13.9. The zero-order chi connectivity index (χ0) is 20.6. The van der Waals surface area contributed by atoms with E-state index in [2.05, 4.69) is 26.5 Å². The van der Waals surface area contributed by atoms with Gasteiger partial charge in [-0.1, -0.05) is 0 Å². The Labute approximate surface area is 165 Å². The summed E-state index contributed by atoms with van der Waals surface area (Å²) in [5.74, 6) is -2.68. The Morgan fingerprint density at radius 2 is 2.14 bits per heavy atom. The molecular weight excluding hydrogens is 378 g/mol. The van der Waals surface area contributed by atoms with E-state index in [0.717, 1.165) is 0 Å². The molecule has 2 aromatic heterocycles. The molecule has 0 spiro atoms. The number of imidazole rings is 1. The van der Waals surface area contributed by atoms with Crippen molar-refractivity contribution in [2.24, 2.45) is 13.0 Å². The molecule has 2 N–H and O–H groups in total. The minimum absolute atomic E-state index is 0.178. The van der Waals surface area contributed by atoms with Crippen LogP contribution in [0.5, 0.6) is 0 Å². The van der Waals surface area contributed by atoms with Gasteiger partial charge in [0.15, 0.2) is 0 Å². The molecular formula is C20H20F2N6O. The van der Waals surface area contributed by atoms with Crippen LogP contribution in [-0.2, 0) is 7.05 Å². The molecule has 1 atom stereocenters. The second kappa shape index (κ2) is 7.28. The summed E-state index contributed by atoms with van der Waals surface area (Å²) in [5.41, 5.74) is 2.18. The Morgan fingerprint density at radius 1 is 1.38 bits per heavy atom. The molecule has 0 saturated heterocycles. The van der Waals surface area contributed by atoms with Crippen LogP contribution in [0, 0.1) is 17.2 Å². The second-order valence-electron chi connectivity index (χ2n) is 7.45. The van der Waals surface area contributed by atoms with E-state index in [4.69, 9.17) is 5.26 Å². The van der Waals surface area contributed by atoms with Gasteiger partial charge in [-0.05, 0) is 43.0 Å². The van der Waals surface area contributed by atoms with Crippen molar-refractivity contribution >= 4 is 16.9 Å². The monoisotopic (exact) mass is 398 g/mol. The van der Waals surface area contributed by atoms with E-state index in [1.165, 1.54) is 10.9 Å². The molecule has 2 heterocycles. The molecule has 3 aromatic rings. The normalized spacial score (nSPS) is 17.7. The van der Waals surface area contributed by atoms with Gasteiger partial charge in [0.25, 0.3) is 5.91 Å². The molecule has 1 aliphatic rings. The molecule has 0 aliphatic heterocycles.